The van der Waals surface area contributed by atoms with Gasteiger partial charge in [-0.15, -0.1) is 0 Å². The molecule has 3 rings (SSSR count). The van der Waals surface area contributed by atoms with Crippen molar-refractivity contribution in [3.8, 4) is 5.75 Å². The van der Waals surface area contributed by atoms with Gasteiger partial charge in [0.1, 0.15) is 12.4 Å². The first-order valence-electron chi connectivity index (χ1n) is 13.8. The Labute approximate surface area is 231 Å². The average Bonchev–Trinajstić information content (AvgIpc) is 3.32. The molecular formula is C29H49NO6Si2. The Morgan fingerprint density at radius 3 is 2.03 bits per heavy atom. The van der Waals surface area contributed by atoms with Gasteiger partial charge in [0.05, 0.1) is 53.8 Å². The molecule has 214 valence electrons. The van der Waals surface area contributed by atoms with Gasteiger partial charge in [0, 0.05) is 11.2 Å². The van der Waals surface area contributed by atoms with Gasteiger partial charge >= 0.3 is 5.97 Å². The average molecular weight is 564 g/mol. The predicted molar refractivity (Wildman–Crippen MR) is 156 cm³/mol. The molecule has 2 aliphatic rings. The van der Waals surface area contributed by atoms with E-state index in [0.717, 1.165) is 11.3 Å². The number of carbonyl (C=O) groups excluding carboxylic acids is 2. The molecule has 2 aliphatic heterocycles. The zero-order chi connectivity index (χ0) is 28.7. The number of likely N-dealkylation sites (tertiary alicyclic amines) is 1. The third-order valence-corrected chi connectivity index (χ3v) is 16.8. The van der Waals surface area contributed by atoms with Crippen LogP contribution < -0.4 is 4.74 Å². The highest BCUT2D eigenvalue weighted by atomic mass is 28.4. The number of carbonyl (C=O) groups is 2. The van der Waals surface area contributed by atoms with Crippen LogP contribution in [0.2, 0.25) is 39.3 Å². The number of rotatable bonds is 9. The van der Waals surface area contributed by atoms with Gasteiger partial charge in [0.2, 0.25) is 5.91 Å². The zero-order valence-corrected chi connectivity index (χ0v) is 27.3. The number of benzene rings is 1. The highest BCUT2D eigenvalue weighted by Gasteiger charge is 2.62. The number of amides is 1. The second-order valence-electron chi connectivity index (χ2n) is 14.2. The summed E-state index contributed by atoms with van der Waals surface area (Å²) in [6, 6.07) is 7.73. The first-order chi connectivity index (χ1) is 17.4. The van der Waals surface area contributed by atoms with Gasteiger partial charge in [-0.25, -0.2) is 0 Å². The van der Waals surface area contributed by atoms with E-state index in [1.807, 2.05) is 39.8 Å². The third kappa shape index (κ3) is 6.54. The summed E-state index contributed by atoms with van der Waals surface area (Å²) < 4.78 is 23.7. The summed E-state index contributed by atoms with van der Waals surface area (Å²) in [5, 5.41) is 0.161. The maximum Gasteiger partial charge on any atom is 0.311 e. The molecule has 0 aliphatic carbocycles. The summed E-state index contributed by atoms with van der Waals surface area (Å²) in [6.45, 7) is 22.6. The summed E-state index contributed by atoms with van der Waals surface area (Å²) in [6.07, 6.45) is 0.640. The van der Waals surface area contributed by atoms with Crippen molar-refractivity contribution in [3.05, 3.63) is 29.8 Å². The smallest absolute Gasteiger partial charge is 0.311 e. The van der Waals surface area contributed by atoms with E-state index in [1.165, 1.54) is 0 Å². The normalized spacial score (nSPS) is 24.3. The fourth-order valence-electron chi connectivity index (χ4n) is 6.58. The second kappa shape index (κ2) is 11.1. The molecule has 0 spiro atoms. The SMILES string of the molecule is COc1ccc(C[C@@H]2[C@@H](COC(=O)C(C)(C)C)N(C([Si](C)(C)C)[Si](C)(C)C)C(=O)[C@H]2C2(C)OCCO2)cc1. The lowest BCUT2D eigenvalue weighted by atomic mass is 9.80. The Balaban J connectivity index is 2.14. The van der Waals surface area contributed by atoms with Crippen LogP contribution in [-0.4, -0.2) is 77.0 Å². The topological polar surface area (TPSA) is 74.3 Å². The van der Waals surface area contributed by atoms with Crippen molar-refractivity contribution >= 4 is 28.0 Å². The molecule has 38 heavy (non-hydrogen) atoms. The molecule has 0 bridgehead atoms. The van der Waals surface area contributed by atoms with Crippen LogP contribution in [0.5, 0.6) is 5.75 Å². The van der Waals surface area contributed by atoms with E-state index >= 15 is 0 Å². The second-order valence-corrected chi connectivity index (χ2v) is 25.3. The Morgan fingerprint density at radius 2 is 1.58 bits per heavy atom. The molecule has 0 unspecified atom stereocenters. The maximum absolute atomic E-state index is 14.6. The van der Waals surface area contributed by atoms with Crippen LogP contribution in [0.3, 0.4) is 0 Å². The van der Waals surface area contributed by atoms with Gasteiger partial charge in [-0.3, -0.25) is 9.59 Å². The Morgan fingerprint density at radius 1 is 1.05 bits per heavy atom. The lowest BCUT2D eigenvalue weighted by Gasteiger charge is -2.47. The van der Waals surface area contributed by atoms with E-state index in [2.05, 4.69) is 56.3 Å². The van der Waals surface area contributed by atoms with Gasteiger partial charge in [0.25, 0.3) is 0 Å². The molecule has 3 atom stereocenters. The molecule has 2 heterocycles. The summed E-state index contributed by atoms with van der Waals surface area (Å²) in [5.74, 6) is -1.06. The zero-order valence-electron chi connectivity index (χ0n) is 25.3. The van der Waals surface area contributed by atoms with Crippen molar-refractivity contribution in [2.24, 2.45) is 17.3 Å². The number of nitrogens with zero attached hydrogens (tertiary/aromatic N) is 1. The molecule has 7 nitrogen and oxygen atoms in total. The minimum Gasteiger partial charge on any atom is -0.497 e. The van der Waals surface area contributed by atoms with Crippen LogP contribution in [0.15, 0.2) is 24.3 Å². The molecule has 2 saturated heterocycles. The van der Waals surface area contributed by atoms with Crippen molar-refractivity contribution in [2.45, 2.75) is 90.5 Å². The molecule has 2 fully saturated rings. The van der Waals surface area contributed by atoms with Gasteiger partial charge in [-0.05, 0) is 51.8 Å². The Hall–Kier alpha value is -1.69. The minimum absolute atomic E-state index is 0.0690. The minimum atomic E-state index is -1.86. The van der Waals surface area contributed by atoms with Crippen molar-refractivity contribution in [1.82, 2.24) is 4.90 Å². The van der Waals surface area contributed by atoms with Crippen molar-refractivity contribution in [2.75, 3.05) is 26.9 Å². The van der Waals surface area contributed by atoms with E-state index in [1.54, 1.807) is 7.11 Å². The summed E-state index contributed by atoms with van der Waals surface area (Å²) in [5.41, 5.74) is 0.473. The number of ether oxygens (including phenoxy) is 4. The molecular weight excluding hydrogens is 514 g/mol. The largest absolute Gasteiger partial charge is 0.497 e. The third-order valence-electron chi connectivity index (χ3n) is 7.77. The first-order valence-corrected chi connectivity index (χ1v) is 21.0. The molecule has 1 aromatic carbocycles. The lowest BCUT2D eigenvalue weighted by molar-refractivity contribution is -0.192. The summed E-state index contributed by atoms with van der Waals surface area (Å²) in [7, 11) is -2.07. The fourth-order valence-corrected chi connectivity index (χ4v) is 19.3. The van der Waals surface area contributed by atoms with Crippen LogP contribution >= 0.6 is 0 Å². The van der Waals surface area contributed by atoms with E-state index in [9.17, 15) is 9.59 Å². The fraction of sp³-hybridized carbons (Fsp3) is 0.724. The predicted octanol–water partition coefficient (Wildman–Crippen LogP) is 5.16. The molecule has 9 heteroatoms. The van der Waals surface area contributed by atoms with E-state index in [-0.39, 0.29) is 35.7 Å². The molecule has 0 saturated carbocycles. The van der Waals surface area contributed by atoms with E-state index < -0.39 is 33.3 Å². The molecule has 0 radical (unpaired) electrons. The Kier molecular flexibility index (Phi) is 8.98. The molecule has 0 aromatic heterocycles. The van der Waals surface area contributed by atoms with Crippen LogP contribution in [0, 0.1) is 17.3 Å². The maximum atomic E-state index is 14.6. The van der Waals surface area contributed by atoms with E-state index in [0.29, 0.717) is 19.6 Å². The van der Waals surface area contributed by atoms with E-state index in [4.69, 9.17) is 18.9 Å². The van der Waals surface area contributed by atoms with Gasteiger partial charge in [0.15, 0.2) is 5.79 Å². The number of methoxy groups -OCH3 is 1. The molecule has 1 aromatic rings. The van der Waals surface area contributed by atoms with Crippen molar-refractivity contribution in [1.29, 1.82) is 0 Å². The molecule has 1 amide bonds. The standard InChI is InChI=1S/C29H49NO6Si2/c1-28(2,3)26(32)34-19-23-22(18-20-12-14-21(33-5)15-13-20)24(29(4)35-16-17-36-29)25(31)30(23)27(37(6,7)8)38(9,10)11/h12-15,22-24,27H,16-19H2,1-11H3/t22-,23-,24+/m1/s1. The van der Waals surface area contributed by atoms with Gasteiger partial charge in [-0.1, -0.05) is 51.4 Å². The molecule has 0 N–H and O–H groups in total. The summed E-state index contributed by atoms with van der Waals surface area (Å²) in [4.78, 5) is 29.7. The lowest BCUT2D eigenvalue weighted by Crippen LogP contribution is -2.66. The number of esters is 1. The monoisotopic (exact) mass is 563 g/mol. The number of hydrogen-bond donors (Lipinski definition) is 0. The van der Waals surface area contributed by atoms with Gasteiger partial charge < -0.3 is 23.8 Å². The quantitative estimate of drug-likeness (QED) is 0.305. The van der Waals surface area contributed by atoms with Crippen LogP contribution in [0.1, 0.15) is 33.3 Å². The van der Waals surface area contributed by atoms with Gasteiger partial charge in [-0.2, -0.15) is 0 Å². The number of hydrogen-bond acceptors (Lipinski definition) is 6. The highest BCUT2D eigenvalue weighted by molar-refractivity contribution is 6.96. The first kappa shape index (κ1) is 30.8. The van der Waals surface area contributed by atoms with Crippen molar-refractivity contribution < 1.29 is 28.5 Å². The highest BCUT2D eigenvalue weighted by Crippen LogP contribution is 2.46. The summed E-state index contributed by atoms with van der Waals surface area (Å²) >= 11 is 0. The van der Waals surface area contributed by atoms with Crippen molar-refractivity contribution in [3.63, 3.8) is 0 Å². The van der Waals surface area contributed by atoms with Crippen LogP contribution in [-0.2, 0) is 30.2 Å². The van der Waals surface area contributed by atoms with Crippen LogP contribution in [0.4, 0.5) is 0 Å². The van der Waals surface area contributed by atoms with Crippen LogP contribution in [0.25, 0.3) is 0 Å². The Bertz CT molecular complexity index is 972.